The predicted octanol–water partition coefficient (Wildman–Crippen LogP) is 1.76. The van der Waals surface area contributed by atoms with Crippen LogP contribution in [0.15, 0.2) is 30.3 Å². The minimum absolute atomic E-state index is 0. The Morgan fingerprint density at radius 1 is 1.14 bits per heavy atom. The van der Waals surface area contributed by atoms with Gasteiger partial charge in [-0.2, -0.15) is 0 Å². The fourth-order valence-electron chi connectivity index (χ4n) is 2.12. The Hall–Kier alpha value is -1.59. The summed E-state index contributed by atoms with van der Waals surface area (Å²) in [6, 6.07) is 8.25. The molecule has 0 aliphatic rings. The van der Waals surface area contributed by atoms with Gasteiger partial charge in [0.2, 0.25) is 11.8 Å². The number of nitrogens with two attached hydrogens (primary N) is 2. The summed E-state index contributed by atoms with van der Waals surface area (Å²) < 4.78 is 0. The normalized spacial score (nSPS) is 15.1. The maximum Gasteiger partial charge on any atom is 0.240 e. The summed E-state index contributed by atoms with van der Waals surface area (Å²) in [5.74, 6) is -1.28. The lowest BCUT2D eigenvalue weighted by Gasteiger charge is -2.30. The number of hydrogen-bond acceptors (Lipinski definition) is 3. The first-order chi connectivity index (χ1) is 9.64. The third kappa shape index (κ3) is 5.31. The van der Waals surface area contributed by atoms with Gasteiger partial charge < -0.3 is 16.8 Å². The van der Waals surface area contributed by atoms with Crippen LogP contribution in [0, 0.1) is 11.3 Å². The number of hydrogen-bond donors (Lipinski definition) is 3. The van der Waals surface area contributed by atoms with Gasteiger partial charge in [0.1, 0.15) is 6.04 Å². The van der Waals surface area contributed by atoms with E-state index in [2.05, 4.69) is 5.32 Å². The van der Waals surface area contributed by atoms with Gasteiger partial charge in [-0.1, -0.05) is 58.0 Å². The lowest BCUT2D eigenvalue weighted by Crippen LogP contribution is -2.53. The van der Waals surface area contributed by atoms with E-state index in [1.165, 1.54) is 0 Å². The van der Waals surface area contributed by atoms with Crippen molar-refractivity contribution in [1.82, 2.24) is 5.32 Å². The molecule has 6 heteroatoms. The molecule has 5 N–H and O–H groups in total. The minimum atomic E-state index is -0.726. The highest BCUT2D eigenvalue weighted by Crippen LogP contribution is 2.22. The standard InChI is InChI=1S/C16H25N3O2.ClH/c1-10(12(17)11-8-6-5-7-9-11)15(21)19-13(14(18)20)16(2,3)4;/h5-10,12-13H,17H2,1-4H3,(H2,18,20)(H,19,21);1H. The smallest absolute Gasteiger partial charge is 0.240 e. The third-order valence-electron chi connectivity index (χ3n) is 3.57. The molecule has 1 rings (SSSR count). The van der Waals surface area contributed by atoms with E-state index in [-0.39, 0.29) is 18.3 Å². The molecule has 0 saturated heterocycles. The number of nitrogens with one attached hydrogen (secondary N) is 1. The Balaban J connectivity index is 0.00000441. The molecule has 3 atom stereocenters. The van der Waals surface area contributed by atoms with E-state index >= 15 is 0 Å². The molecule has 0 heterocycles. The maximum atomic E-state index is 12.3. The number of primary amides is 1. The largest absolute Gasteiger partial charge is 0.368 e. The van der Waals surface area contributed by atoms with Gasteiger partial charge in [-0.15, -0.1) is 12.4 Å². The first-order valence-electron chi connectivity index (χ1n) is 7.04. The van der Waals surface area contributed by atoms with Gasteiger partial charge in [0.25, 0.3) is 0 Å². The van der Waals surface area contributed by atoms with Gasteiger partial charge in [-0.3, -0.25) is 9.59 Å². The Bertz CT molecular complexity index is 500. The first kappa shape index (κ1) is 20.4. The molecular weight excluding hydrogens is 302 g/mol. The fraction of sp³-hybridized carbons (Fsp3) is 0.500. The summed E-state index contributed by atoms with van der Waals surface area (Å²) in [7, 11) is 0. The average Bonchev–Trinajstić information content (AvgIpc) is 2.42. The molecule has 0 aliphatic carbocycles. The van der Waals surface area contributed by atoms with E-state index in [0.29, 0.717) is 0 Å². The van der Waals surface area contributed by atoms with E-state index in [0.717, 1.165) is 5.56 Å². The second-order valence-corrected chi connectivity index (χ2v) is 6.44. The van der Waals surface area contributed by atoms with Crippen molar-refractivity contribution >= 4 is 24.2 Å². The van der Waals surface area contributed by atoms with Gasteiger partial charge in [0.05, 0.1) is 5.92 Å². The quantitative estimate of drug-likeness (QED) is 0.768. The molecule has 1 aromatic carbocycles. The van der Waals surface area contributed by atoms with Crippen LogP contribution < -0.4 is 16.8 Å². The van der Waals surface area contributed by atoms with Crippen molar-refractivity contribution in [2.24, 2.45) is 22.8 Å². The number of halogens is 1. The van der Waals surface area contributed by atoms with Crippen molar-refractivity contribution < 1.29 is 9.59 Å². The van der Waals surface area contributed by atoms with Crippen LogP contribution in [0.25, 0.3) is 0 Å². The van der Waals surface area contributed by atoms with E-state index in [1.807, 2.05) is 51.1 Å². The van der Waals surface area contributed by atoms with Gasteiger partial charge in [-0.05, 0) is 11.0 Å². The zero-order valence-corrected chi connectivity index (χ0v) is 14.3. The van der Waals surface area contributed by atoms with Crippen LogP contribution in [0.4, 0.5) is 0 Å². The molecule has 0 bridgehead atoms. The van der Waals surface area contributed by atoms with Crippen molar-refractivity contribution in [2.45, 2.75) is 39.8 Å². The van der Waals surface area contributed by atoms with Crippen LogP contribution in [0.1, 0.15) is 39.3 Å². The lowest BCUT2D eigenvalue weighted by atomic mass is 9.85. The van der Waals surface area contributed by atoms with Crippen LogP contribution in [-0.2, 0) is 9.59 Å². The molecule has 0 saturated carbocycles. The number of benzene rings is 1. The van der Waals surface area contributed by atoms with Gasteiger partial charge in [-0.25, -0.2) is 0 Å². The number of rotatable bonds is 5. The van der Waals surface area contributed by atoms with Gasteiger partial charge in [0.15, 0.2) is 0 Å². The van der Waals surface area contributed by atoms with Crippen LogP contribution >= 0.6 is 12.4 Å². The van der Waals surface area contributed by atoms with Crippen LogP contribution in [-0.4, -0.2) is 17.9 Å². The van der Waals surface area contributed by atoms with Crippen LogP contribution in [0.2, 0.25) is 0 Å². The van der Waals surface area contributed by atoms with Crippen LogP contribution in [0.5, 0.6) is 0 Å². The Morgan fingerprint density at radius 2 is 1.64 bits per heavy atom. The zero-order valence-electron chi connectivity index (χ0n) is 13.5. The number of carbonyl (C=O) groups excluding carboxylic acids is 2. The Kier molecular flexibility index (Phi) is 7.56. The average molecular weight is 328 g/mol. The van der Waals surface area contributed by atoms with Crippen LogP contribution in [0.3, 0.4) is 0 Å². The van der Waals surface area contributed by atoms with E-state index in [9.17, 15) is 9.59 Å². The molecule has 5 nitrogen and oxygen atoms in total. The lowest BCUT2D eigenvalue weighted by molar-refractivity contribution is -0.132. The summed E-state index contributed by atoms with van der Waals surface area (Å²) in [5, 5.41) is 2.71. The summed E-state index contributed by atoms with van der Waals surface area (Å²) in [6.07, 6.45) is 0. The van der Waals surface area contributed by atoms with E-state index < -0.39 is 29.3 Å². The highest BCUT2D eigenvalue weighted by molar-refractivity contribution is 5.88. The molecule has 0 aliphatic heterocycles. The number of amides is 2. The first-order valence-corrected chi connectivity index (χ1v) is 7.04. The zero-order chi connectivity index (χ0) is 16.2. The second-order valence-electron chi connectivity index (χ2n) is 6.44. The van der Waals surface area contributed by atoms with Gasteiger partial charge in [0, 0.05) is 6.04 Å². The molecule has 1 aromatic rings. The molecule has 22 heavy (non-hydrogen) atoms. The Morgan fingerprint density at radius 3 is 2.05 bits per heavy atom. The maximum absolute atomic E-state index is 12.3. The molecular formula is C16H26ClN3O2. The molecule has 0 spiro atoms. The fourth-order valence-corrected chi connectivity index (χ4v) is 2.12. The van der Waals surface area contributed by atoms with E-state index in [1.54, 1.807) is 6.92 Å². The topological polar surface area (TPSA) is 98.2 Å². The minimum Gasteiger partial charge on any atom is -0.368 e. The third-order valence-corrected chi connectivity index (χ3v) is 3.57. The van der Waals surface area contributed by atoms with Gasteiger partial charge >= 0.3 is 0 Å². The summed E-state index contributed by atoms with van der Waals surface area (Å²) in [6.45, 7) is 7.30. The van der Waals surface area contributed by atoms with Crippen molar-refractivity contribution in [2.75, 3.05) is 0 Å². The molecule has 0 fully saturated rings. The summed E-state index contributed by atoms with van der Waals surface area (Å²) in [5.41, 5.74) is 11.9. The van der Waals surface area contributed by atoms with Crippen molar-refractivity contribution in [3.8, 4) is 0 Å². The SMILES string of the molecule is CC(C(=O)NC(C(N)=O)C(C)(C)C)C(N)c1ccccc1.Cl. The summed E-state index contributed by atoms with van der Waals surface area (Å²) in [4.78, 5) is 23.8. The van der Waals surface area contributed by atoms with Crippen molar-refractivity contribution in [3.05, 3.63) is 35.9 Å². The molecule has 3 unspecified atom stereocenters. The predicted molar refractivity (Wildman–Crippen MR) is 90.4 cm³/mol. The number of carbonyl (C=O) groups is 2. The highest BCUT2D eigenvalue weighted by atomic mass is 35.5. The second kappa shape index (κ2) is 8.15. The highest BCUT2D eigenvalue weighted by Gasteiger charge is 2.33. The molecule has 2 amide bonds. The monoisotopic (exact) mass is 327 g/mol. The Labute approximate surface area is 138 Å². The summed E-state index contributed by atoms with van der Waals surface area (Å²) >= 11 is 0. The molecule has 0 radical (unpaired) electrons. The molecule has 124 valence electrons. The molecule has 0 aromatic heterocycles. The van der Waals surface area contributed by atoms with E-state index in [4.69, 9.17) is 11.5 Å². The van der Waals surface area contributed by atoms with Crippen molar-refractivity contribution in [3.63, 3.8) is 0 Å². The van der Waals surface area contributed by atoms with Crippen molar-refractivity contribution in [1.29, 1.82) is 0 Å².